The van der Waals surface area contributed by atoms with Gasteiger partial charge in [-0.2, -0.15) is 4.98 Å². The number of nitrogens with two attached hydrogens (primary N) is 2. The second kappa shape index (κ2) is 10.0. The van der Waals surface area contributed by atoms with Crippen molar-refractivity contribution in [3.63, 3.8) is 0 Å². The van der Waals surface area contributed by atoms with Gasteiger partial charge in [0, 0.05) is 23.7 Å². The van der Waals surface area contributed by atoms with Gasteiger partial charge in [0.2, 0.25) is 5.95 Å². The number of ether oxygens (including phenoxy) is 2. The number of anilines is 2. The third kappa shape index (κ3) is 5.60. The van der Waals surface area contributed by atoms with Crippen LogP contribution in [0.3, 0.4) is 0 Å². The van der Waals surface area contributed by atoms with Crippen molar-refractivity contribution in [1.29, 1.82) is 0 Å². The Bertz CT molecular complexity index is 854. The molecule has 2 aromatic carbocycles. The number of nitrogens with zero attached hydrogens (tertiary/aromatic N) is 2. The Morgan fingerprint density at radius 2 is 1.70 bits per heavy atom. The van der Waals surface area contributed by atoms with E-state index in [1.807, 2.05) is 62.4 Å². The molecule has 4 N–H and O–H groups in total. The summed E-state index contributed by atoms with van der Waals surface area (Å²) in [6.45, 7) is 4.50. The van der Waals surface area contributed by atoms with Crippen LogP contribution in [0.5, 0.6) is 11.5 Å². The van der Waals surface area contributed by atoms with E-state index in [0.717, 1.165) is 28.2 Å². The van der Waals surface area contributed by atoms with Crippen LogP contribution in [0.1, 0.15) is 30.5 Å². The molecule has 1 aromatic heterocycles. The second-order valence-electron chi connectivity index (χ2n) is 5.56. The van der Waals surface area contributed by atoms with Gasteiger partial charge in [-0.1, -0.05) is 44.2 Å². The van der Waals surface area contributed by atoms with Crippen LogP contribution < -0.4 is 20.9 Å². The van der Waals surface area contributed by atoms with Gasteiger partial charge >= 0.3 is 0 Å². The lowest BCUT2D eigenvalue weighted by atomic mass is 10.1. The van der Waals surface area contributed by atoms with Crippen molar-refractivity contribution in [2.75, 3.05) is 18.6 Å². The molecule has 0 amide bonds. The van der Waals surface area contributed by atoms with Crippen LogP contribution in [0.25, 0.3) is 0 Å². The summed E-state index contributed by atoms with van der Waals surface area (Å²) in [5.41, 5.74) is 14.3. The first kappa shape index (κ1) is 20.0. The smallest absolute Gasteiger partial charge is 0.221 e. The highest BCUT2D eigenvalue weighted by molar-refractivity contribution is 5.48. The molecule has 0 aliphatic rings. The minimum absolute atomic E-state index is 0.160. The van der Waals surface area contributed by atoms with E-state index < -0.39 is 0 Å². The molecule has 0 radical (unpaired) electrons. The van der Waals surface area contributed by atoms with Crippen molar-refractivity contribution in [3.05, 3.63) is 71.4 Å². The number of methoxy groups -OCH3 is 1. The average molecular weight is 366 g/mol. The van der Waals surface area contributed by atoms with Crippen LogP contribution in [0.4, 0.5) is 11.8 Å². The second-order valence-corrected chi connectivity index (χ2v) is 5.56. The zero-order chi connectivity index (χ0) is 19.6. The van der Waals surface area contributed by atoms with Crippen molar-refractivity contribution in [3.8, 4) is 11.5 Å². The van der Waals surface area contributed by atoms with Crippen molar-refractivity contribution in [1.82, 2.24) is 9.97 Å². The summed E-state index contributed by atoms with van der Waals surface area (Å²) in [6.07, 6.45) is 2.16. The van der Waals surface area contributed by atoms with E-state index in [4.69, 9.17) is 20.9 Å². The number of rotatable bonds is 6. The van der Waals surface area contributed by atoms with Gasteiger partial charge in [-0.05, 0) is 23.8 Å². The van der Waals surface area contributed by atoms with Crippen LogP contribution in [0.2, 0.25) is 0 Å². The first-order chi connectivity index (χ1) is 13.2. The lowest BCUT2D eigenvalue weighted by Crippen LogP contribution is -2.05. The van der Waals surface area contributed by atoms with E-state index in [0.29, 0.717) is 18.8 Å². The Kier molecular flexibility index (Phi) is 7.43. The Hall–Kier alpha value is -3.28. The average Bonchev–Trinajstić information content (AvgIpc) is 2.71. The van der Waals surface area contributed by atoms with Gasteiger partial charge < -0.3 is 20.9 Å². The number of benzene rings is 2. The van der Waals surface area contributed by atoms with Gasteiger partial charge in [-0.25, -0.2) is 4.98 Å². The maximum atomic E-state index is 5.93. The largest absolute Gasteiger partial charge is 0.496 e. The monoisotopic (exact) mass is 366 g/mol. The number of aromatic nitrogens is 2. The maximum absolute atomic E-state index is 5.93. The number of hydrogen-bond acceptors (Lipinski definition) is 6. The fourth-order valence-corrected chi connectivity index (χ4v) is 2.50. The molecule has 0 aliphatic heterocycles. The molecule has 6 heteroatoms. The van der Waals surface area contributed by atoms with Gasteiger partial charge in [-0.15, -0.1) is 0 Å². The highest BCUT2D eigenvalue weighted by Gasteiger charge is 2.10. The molecule has 0 fully saturated rings. The van der Waals surface area contributed by atoms with Crippen molar-refractivity contribution >= 4 is 11.8 Å². The van der Waals surface area contributed by atoms with Crippen LogP contribution >= 0.6 is 0 Å². The molecule has 0 spiro atoms. The van der Waals surface area contributed by atoms with E-state index in [2.05, 4.69) is 9.97 Å². The van der Waals surface area contributed by atoms with Crippen molar-refractivity contribution in [2.45, 2.75) is 26.9 Å². The van der Waals surface area contributed by atoms with Crippen LogP contribution in [-0.4, -0.2) is 17.1 Å². The van der Waals surface area contributed by atoms with Gasteiger partial charge in [0.1, 0.15) is 23.9 Å². The van der Waals surface area contributed by atoms with E-state index >= 15 is 0 Å². The van der Waals surface area contributed by atoms with Crippen LogP contribution in [-0.2, 0) is 13.0 Å². The van der Waals surface area contributed by atoms with E-state index in [1.54, 1.807) is 13.3 Å². The molecule has 27 heavy (non-hydrogen) atoms. The summed E-state index contributed by atoms with van der Waals surface area (Å²) < 4.78 is 11.3. The SMILES string of the molecule is CC.COc1ccc(OCc2ccccc2)cc1Cc1cnc(N)nc1N. The Morgan fingerprint density at radius 1 is 0.963 bits per heavy atom. The molecule has 0 aliphatic carbocycles. The molecule has 3 rings (SSSR count). The number of hydrogen-bond donors (Lipinski definition) is 2. The van der Waals surface area contributed by atoms with E-state index in [9.17, 15) is 0 Å². The third-order valence-electron chi connectivity index (χ3n) is 3.80. The Balaban J connectivity index is 0.00000126. The molecule has 0 atom stereocenters. The predicted molar refractivity (Wildman–Crippen MR) is 109 cm³/mol. The van der Waals surface area contributed by atoms with Crippen LogP contribution in [0.15, 0.2) is 54.7 Å². The van der Waals surface area contributed by atoms with Gasteiger partial charge in [0.05, 0.1) is 7.11 Å². The molecule has 0 bridgehead atoms. The Labute approximate surface area is 160 Å². The third-order valence-corrected chi connectivity index (χ3v) is 3.80. The summed E-state index contributed by atoms with van der Waals surface area (Å²) in [5, 5.41) is 0. The summed E-state index contributed by atoms with van der Waals surface area (Å²) in [6, 6.07) is 15.7. The molecule has 0 unspecified atom stereocenters. The highest BCUT2D eigenvalue weighted by Crippen LogP contribution is 2.28. The number of nitrogen functional groups attached to an aromatic ring is 2. The lowest BCUT2D eigenvalue weighted by Gasteiger charge is -2.13. The Morgan fingerprint density at radius 3 is 2.37 bits per heavy atom. The first-order valence-electron chi connectivity index (χ1n) is 8.86. The minimum atomic E-state index is 0.160. The predicted octanol–water partition coefficient (Wildman–Crippen LogP) is 3.85. The summed E-state index contributed by atoms with van der Waals surface area (Å²) in [7, 11) is 1.63. The van der Waals surface area contributed by atoms with Crippen molar-refractivity contribution < 1.29 is 9.47 Å². The summed E-state index contributed by atoms with van der Waals surface area (Å²) in [4.78, 5) is 8.00. The molecule has 6 nitrogen and oxygen atoms in total. The first-order valence-corrected chi connectivity index (χ1v) is 8.86. The standard InChI is InChI=1S/C19H20N4O2.C2H6/c1-24-17-8-7-16(25-12-13-5-3-2-4-6-13)10-14(17)9-15-11-22-19(21)23-18(15)20;1-2/h2-8,10-11H,9,12H2,1H3,(H4,20,21,22,23);1-2H3. The van der Waals surface area contributed by atoms with E-state index in [1.165, 1.54) is 0 Å². The zero-order valence-corrected chi connectivity index (χ0v) is 16.0. The zero-order valence-electron chi connectivity index (χ0n) is 16.0. The molecule has 0 saturated heterocycles. The molecule has 142 valence electrons. The van der Waals surface area contributed by atoms with E-state index in [-0.39, 0.29) is 5.95 Å². The van der Waals surface area contributed by atoms with Crippen LogP contribution in [0, 0.1) is 0 Å². The molecular weight excluding hydrogens is 340 g/mol. The highest BCUT2D eigenvalue weighted by atomic mass is 16.5. The minimum Gasteiger partial charge on any atom is -0.496 e. The molecular formula is C21H26N4O2. The summed E-state index contributed by atoms with van der Waals surface area (Å²) in [5.74, 6) is 2.04. The van der Waals surface area contributed by atoms with Gasteiger partial charge in [-0.3, -0.25) is 0 Å². The van der Waals surface area contributed by atoms with Gasteiger partial charge in [0.25, 0.3) is 0 Å². The van der Waals surface area contributed by atoms with Crippen molar-refractivity contribution in [2.24, 2.45) is 0 Å². The lowest BCUT2D eigenvalue weighted by molar-refractivity contribution is 0.305. The quantitative estimate of drug-likeness (QED) is 0.688. The molecule has 3 aromatic rings. The maximum Gasteiger partial charge on any atom is 0.221 e. The normalized spacial score (nSPS) is 9.89. The fraction of sp³-hybridized carbons (Fsp3) is 0.238. The summed E-state index contributed by atoms with van der Waals surface area (Å²) >= 11 is 0. The topological polar surface area (TPSA) is 96.3 Å². The molecule has 1 heterocycles. The molecule has 0 saturated carbocycles. The van der Waals surface area contributed by atoms with Gasteiger partial charge in [0.15, 0.2) is 0 Å². The fourth-order valence-electron chi connectivity index (χ4n) is 2.50.